The fourth-order valence-electron chi connectivity index (χ4n) is 10.5. The van der Waals surface area contributed by atoms with Crippen LogP contribution >= 0.6 is 0 Å². The Morgan fingerprint density at radius 2 is 1.97 bits per heavy atom. The van der Waals surface area contributed by atoms with Crippen molar-refractivity contribution in [1.82, 2.24) is 9.88 Å². The minimum Gasteiger partial charge on any atom is -0.380 e. The molecule has 5 heterocycles. The van der Waals surface area contributed by atoms with E-state index in [1.165, 1.54) is 54.3 Å². The number of fused-ring (bicyclic) bond motifs is 2. The van der Waals surface area contributed by atoms with Crippen LogP contribution in [-0.2, 0) is 9.47 Å². The maximum absolute atomic E-state index is 7.77. The largest absolute Gasteiger partial charge is 0.380 e. The Morgan fingerprint density at radius 3 is 2.82 bits per heavy atom. The zero-order valence-corrected chi connectivity index (χ0v) is 23.3. The van der Waals surface area contributed by atoms with E-state index in [9.17, 15) is 0 Å². The molecule has 4 aliphatic heterocycles. The maximum atomic E-state index is 7.77. The Morgan fingerprint density at radius 1 is 1.05 bits per heavy atom. The predicted molar refractivity (Wildman–Crippen MR) is 152 cm³/mol. The van der Waals surface area contributed by atoms with Crippen LogP contribution in [0, 0.1) is 10.8 Å². The van der Waals surface area contributed by atoms with Crippen molar-refractivity contribution < 1.29 is 9.47 Å². The highest BCUT2D eigenvalue weighted by atomic mass is 16.5. The average molecular weight is 524 g/mol. The topological polar surface area (TPSA) is 60.6 Å². The smallest absolute Gasteiger partial charge is 0.113 e. The lowest BCUT2D eigenvalue weighted by Gasteiger charge is -2.60. The van der Waals surface area contributed by atoms with Gasteiger partial charge in [0.1, 0.15) is 5.60 Å². The van der Waals surface area contributed by atoms with Crippen molar-refractivity contribution in [2.24, 2.45) is 16.6 Å². The van der Waals surface area contributed by atoms with E-state index in [0.717, 1.165) is 51.7 Å². The summed E-state index contributed by atoms with van der Waals surface area (Å²) >= 11 is 0. The van der Waals surface area contributed by atoms with Crippen molar-refractivity contribution in [1.29, 1.82) is 0 Å². The van der Waals surface area contributed by atoms with Crippen molar-refractivity contribution in [3.05, 3.63) is 65.5 Å². The minimum atomic E-state index is -0.363. The van der Waals surface area contributed by atoms with Gasteiger partial charge in [-0.3, -0.25) is 9.88 Å². The molecule has 39 heavy (non-hydrogen) atoms. The molecule has 3 aliphatic carbocycles. The van der Waals surface area contributed by atoms with E-state index in [2.05, 4.69) is 53.2 Å². The van der Waals surface area contributed by atoms with Gasteiger partial charge in [0.2, 0.25) is 0 Å². The van der Waals surface area contributed by atoms with E-state index in [1.54, 1.807) is 5.57 Å². The lowest BCUT2D eigenvalue weighted by atomic mass is 9.53. The molecule has 2 N–H and O–H groups in total. The number of hydrogen-bond donors (Lipinski definition) is 1. The van der Waals surface area contributed by atoms with Gasteiger partial charge in [-0.15, -0.1) is 0 Å². The van der Waals surface area contributed by atoms with Crippen molar-refractivity contribution in [2.45, 2.75) is 93.4 Å². The van der Waals surface area contributed by atoms with Gasteiger partial charge in [-0.2, -0.15) is 0 Å². The number of allylic oxidation sites excluding steroid dienone is 1. The molecule has 7 aliphatic rings. The fraction of sp³-hybridized carbons (Fsp3) is 0.618. The number of benzene rings is 1. The summed E-state index contributed by atoms with van der Waals surface area (Å²) in [6.45, 7) is 6.83. The highest BCUT2D eigenvalue weighted by molar-refractivity contribution is 5.82. The van der Waals surface area contributed by atoms with Crippen LogP contribution in [0.4, 0.5) is 0 Å². The summed E-state index contributed by atoms with van der Waals surface area (Å²) in [5.74, 6) is 0.425. The van der Waals surface area contributed by atoms with E-state index >= 15 is 0 Å². The van der Waals surface area contributed by atoms with Gasteiger partial charge < -0.3 is 15.2 Å². The molecule has 2 unspecified atom stereocenters. The van der Waals surface area contributed by atoms with Crippen molar-refractivity contribution in [3.63, 3.8) is 0 Å². The zero-order valence-electron chi connectivity index (χ0n) is 23.3. The number of likely N-dealkylation sites (tertiary alicyclic amines) is 1. The van der Waals surface area contributed by atoms with Crippen LogP contribution in [-0.4, -0.2) is 59.0 Å². The molecule has 6 atom stereocenters. The second kappa shape index (κ2) is 7.61. The summed E-state index contributed by atoms with van der Waals surface area (Å²) in [7, 11) is 0. The molecule has 5 fully saturated rings. The molecule has 1 aromatic heterocycles. The second-order valence-electron chi connectivity index (χ2n) is 14.5. The van der Waals surface area contributed by atoms with Gasteiger partial charge in [0.15, 0.2) is 0 Å². The number of aromatic nitrogens is 1. The van der Waals surface area contributed by atoms with Crippen LogP contribution in [0.25, 0.3) is 10.8 Å². The molecule has 2 saturated carbocycles. The molecule has 204 valence electrons. The van der Waals surface area contributed by atoms with Crippen molar-refractivity contribution >= 4 is 10.8 Å². The zero-order chi connectivity index (χ0) is 26.1. The number of nitrogens with zero attached hydrogens (tertiary/aromatic N) is 2. The average Bonchev–Trinajstić information content (AvgIpc) is 3.60. The summed E-state index contributed by atoms with van der Waals surface area (Å²) in [5, 5.41) is 2.48. The third-order valence-corrected chi connectivity index (χ3v) is 12.9. The van der Waals surface area contributed by atoms with Crippen LogP contribution in [0.2, 0.25) is 0 Å². The summed E-state index contributed by atoms with van der Waals surface area (Å²) in [6.07, 6.45) is 19.2. The molecular weight excluding hydrogens is 482 g/mol. The quantitative estimate of drug-likeness (QED) is 0.551. The van der Waals surface area contributed by atoms with Crippen LogP contribution < -0.4 is 5.73 Å². The first kappa shape index (κ1) is 23.6. The van der Waals surface area contributed by atoms with Crippen molar-refractivity contribution in [3.8, 4) is 0 Å². The number of rotatable bonds is 2. The van der Waals surface area contributed by atoms with E-state index in [0.29, 0.717) is 17.4 Å². The highest BCUT2D eigenvalue weighted by Crippen LogP contribution is 2.70. The predicted octanol–water partition coefficient (Wildman–Crippen LogP) is 5.65. The number of pyridine rings is 1. The monoisotopic (exact) mass is 523 g/mol. The lowest BCUT2D eigenvalue weighted by Crippen LogP contribution is -2.70. The molecule has 2 aromatic rings. The first-order chi connectivity index (χ1) is 18.9. The third kappa shape index (κ3) is 2.88. The number of nitrogens with two attached hydrogens (primary N) is 1. The first-order valence-electron chi connectivity index (χ1n) is 15.4. The Bertz CT molecular complexity index is 1440. The molecule has 0 radical (unpaired) electrons. The van der Waals surface area contributed by atoms with Crippen LogP contribution in [0.3, 0.4) is 0 Å². The summed E-state index contributed by atoms with van der Waals surface area (Å²) in [4.78, 5) is 7.18. The summed E-state index contributed by atoms with van der Waals surface area (Å²) < 4.78 is 13.2. The molecule has 1 aromatic carbocycles. The molecule has 3 spiro atoms. The van der Waals surface area contributed by atoms with E-state index in [4.69, 9.17) is 15.2 Å². The van der Waals surface area contributed by atoms with E-state index < -0.39 is 0 Å². The third-order valence-electron chi connectivity index (χ3n) is 12.9. The summed E-state index contributed by atoms with van der Waals surface area (Å²) in [5.41, 5.74) is 11.7. The molecule has 5 heteroatoms. The molecular formula is C34H41N3O2. The molecule has 2 bridgehead atoms. The Hall–Kier alpha value is -2.05. The van der Waals surface area contributed by atoms with Gasteiger partial charge in [0, 0.05) is 35.8 Å². The van der Waals surface area contributed by atoms with E-state index in [1.807, 2.05) is 12.4 Å². The summed E-state index contributed by atoms with van der Waals surface area (Å²) in [6, 6.07) is 9.71. The fourth-order valence-corrected chi connectivity index (χ4v) is 10.5. The lowest BCUT2D eigenvalue weighted by molar-refractivity contribution is -0.152. The Balaban J connectivity index is 1.06. The normalized spacial score (nSPS) is 43.9. The van der Waals surface area contributed by atoms with E-state index in [-0.39, 0.29) is 22.2 Å². The number of ether oxygens (including phenoxy) is 2. The SMILES string of the molecule is C[C@]12CC=C3C=C4CCC(N5CCC6(COC6)C5)C[C@]45CC[C@]3(O5)[C@]1(N)CCC2c1ccc2ccncc2c1. The standard InChI is InChI=1S/C34H41N3O2/c1-30-9-6-27-17-26-4-5-28(37-15-13-31(20-37)21-38-22-31)18-32(26)11-12-33(27,39-32)34(30,35)10-7-29(30)24-3-2-23-8-14-36-19-25(23)16-24/h2-3,6,8,14,16-17,19,28-29H,4-5,7,9-13,15,18,20-22,35H2,1H3/t28?,29?,30-,32-,33-,34+/m1/s1. The van der Waals surface area contributed by atoms with Crippen LogP contribution in [0.15, 0.2) is 60.0 Å². The van der Waals surface area contributed by atoms with Crippen molar-refractivity contribution in [2.75, 3.05) is 26.3 Å². The molecule has 0 amide bonds. The Kier molecular flexibility index (Phi) is 4.61. The van der Waals surface area contributed by atoms with Crippen LogP contribution in [0.1, 0.15) is 76.2 Å². The molecule has 5 nitrogen and oxygen atoms in total. The van der Waals surface area contributed by atoms with Crippen LogP contribution in [0.5, 0.6) is 0 Å². The minimum absolute atomic E-state index is 0.0388. The first-order valence-corrected chi connectivity index (χ1v) is 15.4. The van der Waals surface area contributed by atoms with Gasteiger partial charge in [-0.25, -0.2) is 0 Å². The maximum Gasteiger partial charge on any atom is 0.113 e. The van der Waals surface area contributed by atoms with Gasteiger partial charge in [0.05, 0.1) is 24.4 Å². The molecule has 3 saturated heterocycles. The highest BCUT2D eigenvalue weighted by Gasteiger charge is 2.73. The van der Waals surface area contributed by atoms with Gasteiger partial charge in [-0.1, -0.05) is 31.2 Å². The second-order valence-corrected chi connectivity index (χ2v) is 14.5. The van der Waals surface area contributed by atoms with Gasteiger partial charge in [-0.05, 0) is 110 Å². The Labute approximate surface area is 231 Å². The molecule has 9 rings (SSSR count). The van der Waals surface area contributed by atoms with Gasteiger partial charge >= 0.3 is 0 Å². The van der Waals surface area contributed by atoms with Gasteiger partial charge in [0.25, 0.3) is 0 Å². The number of hydrogen-bond acceptors (Lipinski definition) is 5.